The van der Waals surface area contributed by atoms with Crippen molar-refractivity contribution in [3.05, 3.63) is 0 Å². The van der Waals surface area contributed by atoms with Crippen molar-refractivity contribution in [2.24, 2.45) is 5.73 Å². The number of esters is 1. The van der Waals surface area contributed by atoms with Crippen LogP contribution in [0, 0.1) is 0 Å². The van der Waals surface area contributed by atoms with Crippen molar-refractivity contribution in [3.63, 3.8) is 0 Å². The van der Waals surface area contributed by atoms with Crippen LogP contribution in [0.1, 0.15) is 13.3 Å². The number of hydrogen-bond donors (Lipinski definition) is 2. The van der Waals surface area contributed by atoms with E-state index < -0.39 is 27.9 Å². The Labute approximate surface area is 70.4 Å². The van der Waals surface area contributed by atoms with Gasteiger partial charge >= 0.3 is 5.97 Å². The monoisotopic (exact) mass is 197 g/mol. The van der Waals surface area contributed by atoms with E-state index in [-0.39, 0.29) is 6.61 Å². The van der Waals surface area contributed by atoms with Crippen LogP contribution in [0.3, 0.4) is 0 Å². The van der Waals surface area contributed by atoms with Crippen molar-refractivity contribution in [1.82, 2.24) is 0 Å². The highest BCUT2D eigenvalue weighted by atomic mass is 32.2. The largest absolute Gasteiger partial charge is 0.466 e. The molecule has 0 aliphatic rings. The Bertz CT molecular complexity index is 247. The molecule has 0 saturated heterocycles. The molecule has 1 unspecified atom stereocenters. The molecule has 0 saturated carbocycles. The lowest BCUT2D eigenvalue weighted by molar-refractivity contribution is -0.143. The van der Waals surface area contributed by atoms with Crippen LogP contribution in [0.5, 0.6) is 0 Å². The smallest absolute Gasteiger partial charge is 0.308 e. The summed E-state index contributed by atoms with van der Waals surface area (Å²) in [6, 6.07) is 0. The topological polar surface area (TPSA) is 107 Å². The highest BCUT2D eigenvalue weighted by molar-refractivity contribution is 7.86. The van der Waals surface area contributed by atoms with E-state index in [4.69, 9.17) is 10.3 Å². The van der Waals surface area contributed by atoms with Crippen LogP contribution in [0.25, 0.3) is 0 Å². The number of carbonyl (C=O) groups is 1. The molecule has 0 aromatic heterocycles. The first-order valence-corrected chi connectivity index (χ1v) is 4.75. The average molecular weight is 197 g/mol. The SMILES string of the molecule is CCOC(=O)CC(N)S(=O)(=O)O. The zero-order chi connectivity index (χ0) is 9.78. The fourth-order valence-corrected chi connectivity index (χ4v) is 0.836. The molecule has 0 amide bonds. The van der Waals surface area contributed by atoms with Gasteiger partial charge in [-0.3, -0.25) is 9.35 Å². The van der Waals surface area contributed by atoms with Crippen LogP contribution < -0.4 is 5.73 Å². The van der Waals surface area contributed by atoms with E-state index in [0.29, 0.717) is 0 Å². The van der Waals surface area contributed by atoms with Crippen LogP contribution in [-0.4, -0.2) is 30.9 Å². The zero-order valence-electron chi connectivity index (χ0n) is 6.56. The molecular weight excluding hydrogens is 186 g/mol. The quantitative estimate of drug-likeness (QED) is 0.447. The Morgan fingerprint density at radius 3 is 2.50 bits per heavy atom. The van der Waals surface area contributed by atoms with E-state index >= 15 is 0 Å². The minimum Gasteiger partial charge on any atom is -0.466 e. The minimum atomic E-state index is -4.34. The molecule has 6 nitrogen and oxygen atoms in total. The molecule has 0 aliphatic carbocycles. The van der Waals surface area contributed by atoms with Gasteiger partial charge in [-0.2, -0.15) is 8.42 Å². The normalized spacial score (nSPS) is 13.9. The maximum Gasteiger partial charge on any atom is 0.308 e. The lowest BCUT2D eigenvalue weighted by Crippen LogP contribution is -2.33. The third-order valence-corrected chi connectivity index (χ3v) is 1.99. The van der Waals surface area contributed by atoms with E-state index in [1.165, 1.54) is 0 Å². The molecule has 0 rings (SSSR count). The Morgan fingerprint density at radius 1 is 1.67 bits per heavy atom. The van der Waals surface area contributed by atoms with Crippen molar-refractivity contribution in [1.29, 1.82) is 0 Å². The van der Waals surface area contributed by atoms with Crippen molar-refractivity contribution >= 4 is 16.1 Å². The average Bonchev–Trinajstić information content (AvgIpc) is 1.85. The molecule has 7 heteroatoms. The Kier molecular flexibility index (Phi) is 4.15. The maximum absolute atomic E-state index is 10.6. The van der Waals surface area contributed by atoms with Crippen molar-refractivity contribution in [3.8, 4) is 0 Å². The lowest BCUT2D eigenvalue weighted by atomic mass is 10.4. The lowest BCUT2D eigenvalue weighted by Gasteiger charge is -2.06. The van der Waals surface area contributed by atoms with Crippen LogP contribution in [0.4, 0.5) is 0 Å². The van der Waals surface area contributed by atoms with Gasteiger partial charge in [0.25, 0.3) is 10.1 Å². The first kappa shape index (κ1) is 11.3. The molecule has 3 N–H and O–H groups in total. The minimum absolute atomic E-state index is 0.150. The van der Waals surface area contributed by atoms with Crippen LogP contribution in [-0.2, 0) is 19.6 Å². The van der Waals surface area contributed by atoms with E-state index in [1.54, 1.807) is 6.92 Å². The second kappa shape index (κ2) is 4.39. The van der Waals surface area contributed by atoms with Gasteiger partial charge in [-0.05, 0) is 6.92 Å². The van der Waals surface area contributed by atoms with Gasteiger partial charge in [-0.15, -0.1) is 0 Å². The van der Waals surface area contributed by atoms with Gasteiger partial charge in [0.1, 0.15) is 5.37 Å². The van der Waals surface area contributed by atoms with Gasteiger partial charge in [0, 0.05) is 0 Å². The first-order chi connectivity index (χ1) is 5.38. The van der Waals surface area contributed by atoms with Crippen LogP contribution in [0.2, 0.25) is 0 Å². The Morgan fingerprint density at radius 2 is 2.17 bits per heavy atom. The second-order valence-electron chi connectivity index (χ2n) is 2.06. The number of carbonyl (C=O) groups excluding carboxylic acids is 1. The Balaban J connectivity index is 4.02. The predicted molar refractivity (Wildman–Crippen MR) is 40.8 cm³/mol. The van der Waals surface area contributed by atoms with Crippen LogP contribution in [0.15, 0.2) is 0 Å². The first-order valence-electron chi connectivity index (χ1n) is 3.25. The second-order valence-corrected chi connectivity index (χ2v) is 3.70. The molecule has 12 heavy (non-hydrogen) atoms. The number of rotatable bonds is 4. The Hall–Kier alpha value is -0.660. The molecule has 0 spiro atoms. The van der Waals surface area contributed by atoms with Gasteiger partial charge in [0.15, 0.2) is 0 Å². The van der Waals surface area contributed by atoms with E-state index in [9.17, 15) is 13.2 Å². The van der Waals surface area contributed by atoms with Gasteiger partial charge < -0.3 is 10.5 Å². The summed E-state index contributed by atoms with van der Waals surface area (Å²) in [5.41, 5.74) is 4.94. The summed E-state index contributed by atoms with van der Waals surface area (Å²) in [5, 5.41) is -1.60. The zero-order valence-corrected chi connectivity index (χ0v) is 7.37. The fraction of sp³-hybridized carbons (Fsp3) is 0.800. The summed E-state index contributed by atoms with van der Waals surface area (Å²) in [4.78, 5) is 10.6. The summed E-state index contributed by atoms with van der Waals surface area (Å²) in [7, 11) is -4.34. The molecule has 72 valence electrons. The summed E-state index contributed by atoms with van der Waals surface area (Å²) >= 11 is 0. The highest BCUT2D eigenvalue weighted by Crippen LogP contribution is 1.98. The van der Waals surface area contributed by atoms with Gasteiger partial charge in [0.05, 0.1) is 13.0 Å². The summed E-state index contributed by atoms with van der Waals surface area (Å²) in [6.45, 7) is 1.73. The van der Waals surface area contributed by atoms with Crippen molar-refractivity contribution in [2.45, 2.75) is 18.7 Å². The van der Waals surface area contributed by atoms with E-state index in [2.05, 4.69) is 4.74 Å². The van der Waals surface area contributed by atoms with Gasteiger partial charge in [-0.1, -0.05) is 0 Å². The third-order valence-electron chi connectivity index (χ3n) is 1.06. The molecule has 0 heterocycles. The number of ether oxygens (including phenoxy) is 1. The third kappa shape index (κ3) is 4.27. The van der Waals surface area contributed by atoms with E-state index in [0.717, 1.165) is 0 Å². The van der Waals surface area contributed by atoms with Crippen LogP contribution >= 0.6 is 0 Å². The summed E-state index contributed by atoms with van der Waals surface area (Å²) in [5.74, 6) is -0.748. The summed E-state index contributed by atoms with van der Waals surface area (Å²) < 4.78 is 33.3. The van der Waals surface area contributed by atoms with E-state index in [1.807, 2.05) is 0 Å². The molecule has 0 aliphatic heterocycles. The molecule has 1 atom stereocenters. The molecule has 0 aromatic carbocycles. The predicted octanol–water partition coefficient (Wildman–Crippen LogP) is -0.888. The van der Waals surface area contributed by atoms with Crippen molar-refractivity contribution in [2.75, 3.05) is 6.61 Å². The maximum atomic E-state index is 10.6. The molecule has 0 aromatic rings. The van der Waals surface area contributed by atoms with Crippen molar-refractivity contribution < 1.29 is 22.5 Å². The van der Waals surface area contributed by atoms with Gasteiger partial charge in [-0.25, -0.2) is 0 Å². The molecule has 0 fully saturated rings. The standard InChI is InChI=1S/C5H11NO5S/c1-2-11-5(7)3-4(6)12(8,9)10/h4H,2-3,6H2,1H3,(H,8,9,10). The van der Waals surface area contributed by atoms with Gasteiger partial charge in [0.2, 0.25) is 0 Å². The molecular formula is C5H11NO5S. The molecule has 0 bridgehead atoms. The number of nitrogens with two attached hydrogens (primary N) is 1. The summed E-state index contributed by atoms with van der Waals surface area (Å²) in [6.07, 6.45) is -0.535. The number of hydrogen-bond acceptors (Lipinski definition) is 5. The molecule has 0 radical (unpaired) electrons. The fourth-order valence-electron chi connectivity index (χ4n) is 0.489. The highest BCUT2D eigenvalue weighted by Gasteiger charge is 2.21.